The SMILES string of the molecule is COC(=O)C(c1ccc(O)cc1)c1ccc(O)c(C(C(=O)OC)c2cc(C(C(=O)OC)c3ccc(O)cc3)ccc2O)c1. The smallest absolute Gasteiger partial charge is 0.317 e. The average Bonchev–Trinajstić information content (AvgIpc) is 3.01. The first kappa shape index (κ1) is 30.4. The van der Waals surface area contributed by atoms with Crippen molar-refractivity contribution in [2.24, 2.45) is 0 Å². The molecule has 4 N–H and O–H groups in total. The quantitative estimate of drug-likeness (QED) is 0.163. The summed E-state index contributed by atoms with van der Waals surface area (Å²) in [6.45, 7) is 0. The van der Waals surface area contributed by atoms with Crippen molar-refractivity contribution >= 4 is 17.9 Å². The third-order valence-corrected chi connectivity index (χ3v) is 7.16. The number of esters is 3. The lowest BCUT2D eigenvalue weighted by Gasteiger charge is -2.23. The molecule has 4 aromatic carbocycles. The van der Waals surface area contributed by atoms with Crippen LogP contribution in [0.2, 0.25) is 0 Å². The molecule has 4 rings (SSSR count). The molecule has 10 heteroatoms. The van der Waals surface area contributed by atoms with Gasteiger partial charge in [-0.15, -0.1) is 0 Å². The van der Waals surface area contributed by atoms with Crippen molar-refractivity contribution in [2.45, 2.75) is 17.8 Å². The van der Waals surface area contributed by atoms with Crippen molar-refractivity contribution < 1.29 is 49.0 Å². The minimum absolute atomic E-state index is 0.00237. The van der Waals surface area contributed by atoms with Gasteiger partial charge in [0.1, 0.15) is 40.8 Å². The van der Waals surface area contributed by atoms with Gasteiger partial charge in [-0.2, -0.15) is 0 Å². The van der Waals surface area contributed by atoms with E-state index < -0.39 is 35.7 Å². The first-order chi connectivity index (χ1) is 20.6. The van der Waals surface area contributed by atoms with Gasteiger partial charge >= 0.3 is 17.9 Å². The summed E-state index contributed by atoms with van der Waals surface area (Å²) in [5.41, 5.74) is 1.71. The van der Waals surface area contributed by atoms with E-state index in [0.29, 0.717) is 22.3 Å². The Balaban J connectivity index is 1.89. The number of hydrogen-bond donors (Lipinski definition) is 4. The van der Waals surface area contributed by atoms with Crippen molar-refractivity contribution in [2.75, 3.05) is 21.3 Å². The van der Waals surface area contributed by atoms with E-state index >= 15 is 0 Å². The van der Waals surface area contributed by atoms with Crippen molar-refractivity contribution in [1.82, 2.24) is 0 Å². The normalized spacial score (nSPS) is 12.9. The number of carbonyl (C=O) groups excluding carboxylic acids is 3. The highest BCUT2D eigenvalue weighted by Gasteiger charge is 2.33. The second kappa shape index (κ2) is 13.0. The molecule has 0 aliphatic rings. The van der Waals surface area contributed by atoms with Crippen LogP contribution in [0.3, 0.4) is 0 Å². The number of methoxy groups -OCH3 is 3. The minimum Gasteiger partial charge on any atom is -0.508 e. The van der Waals surface area contributed by atoms with Gasteiger partial charge in [-0.1, -0.05) is 36.4 Å². The van der Waals surface area contributed by atoms with Gasteiger partial charge in [0.25, 0.3) is 0 Å². The van der Waals surface area contributed by atoms with Crippen LogP contribution >= 0.6 is 0 Å². The molecule has 0 saturated heterocycles. The zero-order valence-corrected chi connectivity index (χ0v) is 23.6. The van der Waals surface area contributed by atoms with Crippen molar-refractivity contribution in [3.8, 4) is 23.0 Å². The molecule has 0 aliphatic heterocycles. The Labute approximate surface area is 247 Å². The topological polar surface area (TPSA) is 160 Å². The van der Waals surface area contributed by atoms with Crippen LogP contribution in [0.5, 0.6) is 23.0 Å². The number of carbonyl (C=O) groups is 3. The summed E-state index contributed by atoms with van der Waals surface area (Å²) in [6.07, 6.45) is 0. The maximum atomic E-state index is 13.3. The highest BCUT2D eigenvalue weighted by atomic mass is 16.5. The number of aromatic hydroxyl groups is 4. The van der Waals surface area contributed by atoms with Gasteiger partial charge in [0.15, 0.2) is 0 Å². The zero-order valence-electron chi connectivity index (χ0n) is 23.6. The van der Waals surface area contributed by atoms with Crippen molar-refractivity contribution in [3.05, 3.63) is 118 Å². The first-order valence-electron chi connectivity index (χ1n) is 13.1. The second-order valence-electron chi connectivity index (χ2n) is 9.69. The fourth-order valence-electron chi connectivity index (χ4n) is 5.01. The first-order valence-corrected chi connectivity index (χ1v) is 13.1. The molecule has 4 aromatic rings. The van der Waals surface area contributed by atoms with Gasteiger partial charge in [0.05, 0.1) is 21.3 Å². The number of phenols is 4. The number of benzene rings is 4. The molecule has 0 bridgehead atoms. The van der Waals surface area contributed by atoms with Crippen LogP contribution in [0, 0.1) is 0 Å². The Morgan fingerprint density at radius 1 is 0.465 bits per heavy atom. The summed E-state index contributed by atoms with van der Waals surface area (Å²) < 4.78 is 15.1. The minimum atomic E-state index is -1.39. The number of phenolic OH excluding ortho intramolecular Hbond substituents is 4. The zero-order chi connectivity index (χ0) is 31.3. The summed E-state index contributed by atoms with van der Waals surface area (Å²) in [4.78, 5) is 39.1. The molecule has 0 amide bonds. The predicted octanol–water partition coefficient (Wildman–Crippen LogP) is 4.42. The molecule has 2 unspecified atom stereocenters. The second-order valence-corrected chi connectivity index (χ2v) is 9.69. The van der Waals surface area contributed by atoms with Crippen LogP contribution in [-0.2, 0) is 28.6 Å². The molecule has 2 atom stereocenters. The van der Waals surface area contributed by atoms with Crippen LogP contribution in [0.25, 0.3) is 0 Å². The number of rotatable bonds is 9. The summed E-state index contributed by atoms with van der Waals surface area (Å²) in [6, 6.07) is 20.4. The monoisotopic (exact) mass is 586 g/mol. The molecule has 0 saturated carbocycles. The maximum Gasteiger partial charge on any atom is 0.317 e. The largest absolute Gasteiger partial charge is 0.508 e. The lowest BCUT2D eigenvalue weighted by atomic mass is 9.83. The lowest BCUT2D eigenvalue weighted by Crippen LogP contribution is -2.20. The summed E-state index contributed by atoms with van der Waals surface area (Å²) in [5, 5.41) is 41.4. The lowest BCUT2D eigenvalue weighted by molar-refractivity contribution is -0.142. The Bertz CT molecular complexity index is 1510. The van der Waals surface area contributed by atoms with Gasteiger partial charge < -0.3 is 34.6 Å². The average molecular weight is 587 g/mol. The highest BCUT2D eigenvalue weighted by molar-refractivity contribution is 5.87. The van der Waals surface area contributed by atoms with E-state index in [1.54, 1.807) is 24.3 Å². The highest BCUT2D eigenvalue weighted by Crippen LogP contribution is 2.41. The molecule has 0 aromatic heterocycles. The number of hydrogen-bond acceptors (Lipinski definition) is 10. The van der Waals surface area contributed by atoms with Gasteiger partial charge in [0, 0.05) is 11.1 Å². The van der Waals surface area contributed by atoms with Gasteiger partial charge in [0.2, 0.25) is 0 Å². The van der Waals surface area contributed by atoms with Crippen molar-refractivity contribution in [3.63, 3.8) is 0 Å². The predicted molar refractivity (Wildman–Crippen MR) is 154 cm³/mol. The molecule has 0 radical (unpaired) electrons. The Morgan fingerprint density at radius 2 is 0.767 bits per heavy atom. The molecule has 0 aliphatic carbocycles. The van der Waals surface area contributed by atoms with E-state index in [9.17, 15) is 34.8 Å². The number of ether oxygens (including phenoxy) is 3. The molecule has 10 nitrogen and oxygen atoms in total. The van der Waals surface area contributed by atoms with E-state index in [0.717, 1.165) is 7.11 Å². The van der Waals surface area contributed by atoms with Gasteiger partial charge in [-0.05, 0) is 70.8 Å². The van der Waals surface area contributed by atoms with Crippen molar-refractivity contribution in [1.29, 1.82) is 0 Å². The summed E-state index contributed by atoms with van der Waals surface area (Å²) >= 11 is 0. The molecule has 0 fully saturated rings. The molecule has 0 heterocycles. The summed E-state index contributed by atoms with van der Waals surface area (Å²) in [5.74, 6) is -6.09. The Hall–Kier alpha value is -5.51. The van der Waals surface area contributed by atoms with Crippen LogP contribution in [0.1, 0.15) is 51.1 Å². The van der Waals surface area contributed by atoms with Gasteiger partial charge in [-0.3, -0.25) is 14.4 Å². The van der Waals surface area contributed by atoms with E-state index in [-0.39, 0.29) is 34.1 Å². The van der Waals surface area contributed by atoms with E-state index in [1.807, 2.05) is 0 Å². The third-order valence-electron chi connectivity index (χ3n) is 7.16. The Kier molecular flexibility index (Phi) is 9.20. The van der Waals surface area contributed by atoms with E-state index in [2.05, 4.69) is 0 Å². The molecule has 43 heavy (non-hydrogen) atoms. The molecule has 0 spiro atoms. The fourth-order valence-corrected chi connectivity index (χ4v) is 5.01. The van der Waals surface area contributed by atoms with Crippen LogP contribution in [-0.4, -0.2) is 59.7 Å². The third kappa shape index (κ3) is 6.38. The van der Waals surface area contributed by atoms with E-state index in [1.165, 1.54) is 74.9 Å². The maximum absolute atomic E-state index is 13.3. The molecular formula is C33H30O10. The summed E-state index contributed by atoms with van der Waals surface area (Å²) in [7, 11) is 3.60. The van der Waals surface area contributed by atoms with Gasteiger partial charge in [-0.25, -0.2) is 0 Å². The standard InChI is InChI=1S/C33H30O10/c1-41-31(38)28(18-4-10-22(34)11-5-18)20-8-14-26(36)24(16-20)30(33(40)43-3)25-17-21(9-15-27(25)37)29(32(39)42-2)19-6-12-23(35)13-7-19/h4-17,28-30,34-37H,1-3H3. The van der Waals surface area contributed by atoms with Crippen LogP contribution in [0.15, 0.2) is 84.9 Å². The fraction of sp³-hybridized carbons (Fsp3) is 0.182. The Morgan fingerprint density at radius 3 is 1.09 bits per heavy atom. The molecule has 222 valence electrons. The van der Waals surface area contributed by atoms with Crippen LogP contribution < -0.4 is 0 Å². The van der Waals surface area contributed by atoms with E-state index in [4.69, 9.17) is 14.2 Å². The van der Waals surface area contributed by atoms with Crippen LogP contribution in [0.4, 0.5) is 0 Å². The molecular weight excluding hydrogens is 556 g/mol.